The fraction of sp³-hybridized carbons (Fsp3) is 0.0556. The first kappa shape index (κ1) is 12.7. The molecule has 0 atom stereocenters. The lowest BCUT2D eigenvalue weighted by molar-refractivity contribution is 0.0997. The Morgan fingerprint density at radius 2 is 1.86 bits per heavy atom. The Kier molecular flexibility index (Phi) is 2.60. The molecule has 0 spiro atoms. The summed E-state index contributed by atoms with van der Waals surface area (Å²) in [6.45, 7) is 1.91. The number of Topliss-reactive ketones (excluding diaryl/α,β-unsaturated/α-hetero) is 1. The molecular weight excluding hydrogens is 276 g/mol. The summed E-state index contributed by atoms with van der Waals surface area (Å²) in [5, 5.41) is 0.944. The number of pyridine rings is 1. The molecule has 4 rings (SSSR count). The van der Waals surface area contributed by atoms with Crippen LogP contribution < -0.4 is 0 Å². The Balaban J connectivity index is 1.99. The Morgan fingerprint density at radius 1 is 1.05 bits per heavy atom. The number of aromatic amines is 1. The minimum atomic E-state index is -0.227. The normalized spacial score (nSPS) is 14.1. The van der Waals surface area contributed by atoms with E-state index in [1.165, 1.54) is 12.3 Å². The SMILES string of the molecule is Cc1[nH]c2ccccc2c1C1=CC(=O)c2ncccc2C1=O. The third-order valence-corrected chi connectivity index (χ3v) is 3.97. The summed E-state index contributed by atoms with van der Waals surface area (Å²) in [5.41, 5.74) is 3.65. The number of aromatic nitrogens is 2. The van der Waals surface area contributed by atoms with Crippen LogP contribution in [0.4, 0.5) is 0 Å². The molecule has 2 aromatic heterocycles. The maximum Gasteiger partial charge on any atom is 0.205 e. The van der Waals surface area contributed by atoms with Crippen molar-refractivity contribution in [3.63, 3.8) is 0 Å². The highest BCUT2D eigenvalue weighted by molar-refractivity contribution is 6.39. The maximum atomic E-state index is 12.8. The van der Waals surface area contributed by atoms with Gasteiger partial charge in [0, 0.05) is 33.9 Å². The standard InChI is InChI=1S/C18H12N2O2/c1-10-16(11-5-2-3-7-14(11)20-10)13-9-15(21)17-12(18(13)22)6-4-8-19-17/h2-9,20H,1H3. The van der Waals surface area contributed by atoms with Crippen molar-refractivity contribution in [1.29, 1.82) is 0 Å². The van der Waals surface area contributed by atoms with E-state index in [4.69, 9.17) is 0 Å². The van der Waals surface area contributed by atoms with Gasteiger partial charge in [0.15, 0.2) is 5.78 Å². The monoisotopic (exact) mass is 288 g/mol. The van der Waals surface area contributed by atoms with Crippen LogP contribution in [0.5, 0.6) is 0 Å². The number of nitrogens with zero attached hydrogens (tertiary/aromatic N) is 1. The number of para-hydroxylation sites is 1. The molecule has 1 aliphatic carbocycles. The van der Waals surface area contributed by atoms with Crippen LogP contribution in [0.15, 0.2) is 48.7 Å². The first-order valence-electron chi connectivity index (χ1n) is 7.00. The number of allylic oxidation sites excluding steroid dienone is 2. The Labute approximate surface area is 126 Å². The molecule has 0 bridgehead atoms. The van der Waals surface area contributed by atoms with Gasteiger partial charge in [-0.3, -0.25) is 14.6 Å². The molecule has 0 saturated heterocycles. The lowest BCUT2D eigenvalue weighted by Gasteiger charge is -2.14. The molecule has 1 aromatic carbocycles. The number of hydrogen-bond donors (Lipinski definition) is 1. The molecule has 0 fully saturated rings. The molecule has 0 unspecified atom stereocenters. The van der Waals surface area contributed by atoms with Crippen LogP contribution >= 0.6 is 0 Å². The van der Waals surface area contributed by atoms with Gasteiger partial charge in [-0.05, 0) is 31.2 Å². The number of ketones is 2. The highest BCUT2D eigenvalue weighted by Crippen LogP contribution is 2.33. The van der Waals surface area contributed by atoms with Gasteiger partial charge in [-0.2, -0.15) is 0 Å². The zero-order valence-corrected chi connectivity index (χ0v) is 11.9. The van der Waals surface area contributed by atoms with E-state index in [1.807, 2.05) is 31.2 Å². The molecule has 0 aliphatic heterocycles. The zero-order valence-electron chi connectivity index (χ0n) is 11.9. The quantitative estimate of drug-likeness (QED) is 0.747. The van der Waals surface area contributed by atoms with E-state index in [-0.39, 0.29) is 17.3 Å². The molecule has 4 heteroatoms. The number of carbonyl (C=O) groups excluding carboxylic acids is 2. The van der Waals surface area contributed by atoms with Gasteiger partial charge in [-0.25, -0.2) is 0 Å². The summed E-state index contributed by atoms with van der Waals surface area (Å²) in [7, 11) is 0. The Bertz CT molecular complexity index is 980. The molecule has 0 amide bonds. The van der Waals surface area contributed by atoms with Crippen molar-refractivity contribution < 1.29 is 9.59 Å². The van der Waals surface area contributed by atoms with Crippen molar-refractivity contribution in [2.45, 2.75) is 6.92 Å². The Hall–Kier alpha value is -3.01. The fourth-order valence-electron chi connectivity index (χ4n) is 3.00. The average molecular weight is 288 g/mol. The van der Waals surface area contributed by atoms with Crippen molar-refractivity contribution in [3.8, 4) is 0 Å². The predicted octanol–water partition coefficient (Wildman–Crippen LogP) is 3.33. The summed E-state index contributed by atoms with van der Waals surface area (Å²) in [5.74, 6) is -0.384. The van der Waals surface area contributed by atoms with E-state index in [1.54, 1.807) is 12.1 Å². The number of aryl methyl sites for hydroxylation is 1. The van der Waals surface area contributed by atoms with Crippen molar-refractivity contribution in [3.05, 3.63) is 71.2 Å². The number of rotatable bonds is 1. The average Bonchev–Trinajstić information content (AvgIpc) is 2.87. The van der Waals surface area contributed by atoms with E-state index in [9.17, 15) is 9.59 Å². The van der Waals surface area contributed by atoms with Gasteiger partial charge in [0.25, 0.3) is 0 Å². The minimum absolute atomic E-state index is 0.157. The van der Waals surface area contributed by atoms with E-state index in [0.717, 1.165) is 22.2 Å². The summed E-state index contributed by atoms with van der Waals surface area (Å²) in [4.78, 5) is 32.4. The molecule has 0 radical (unpaired) electrons. The van der Waals surface area contributed by atoms with Crippen molar-refractivity contribution in [2.24, 2.45) is 0 Å². The number of carbonyl (C=O) groups is 2. The lowest BCUT2D eigenvalue weighted by atomic mass is 9.88. The third-order valence-electron chi connectivity index (χ3n) is 3.97. The van der Waals surface area contributed by atoms with Crippen LogP contribution in [-0.4, -0.2) is 21.5 Å². The summed E-state index contributed by atoms with van der Waals surface area (Å²) in [6.07, 6.45) is 2.93. The number of H-pyrrole nitrogens is 1. The molecule has 3 aromatic rings. The second-order valence-electron chi connectivity index (χ2n) is 5.32. The summed E-state index contributed by atoms with van der Waals surface area (Å²) < 4.78 is 0. The van der Waals surface area contributed by atoms with E-state index in [0.29, 0.717) is 11.1 Å². The van der Waals surface area contributed by atoms with Crippen LogP contribution in [0.1, 0.15) is 32.1 Å². The Morgan fingerprint density at radius 3 is 2.73 bits per heavy atom. The molecule has 1 N–H and O–H groups in total. The minimum Gasteiger partial charge on any atom is -0.358 e. The van der Waals surface area contributed by atoms with Crippen LogP contribution in [-0.2, 0) is 0 Å². The topological polar surface area (TPSA) is 62.8 Å². The van der Waals surface area contributed by atoms with Crippen LogP contribution in [0.2, 0.25) is 0 Å². The van der Waals surface area contributed by atoms with Crippen LogP contribution in [0.25, 0.3) is 16.5 Å². The van der Waals surface area contributed by atoms with Crippen LogP contribution in [0, 0.1) is 6.92 Å². The van der Waals surface area contributed by atoms with Crippen molar-refractivity contribution in [2.75, 3.05) is 0 Å². The second kappa shape index (κ2) is 4.49. The first-order chi connectivity index (χ1) is 10.7. The third kappa shape index (κ3) is 1.67. The highest BCUT2D eigenvalue weighted by atomic mass is 16.1. The number of nitrogens with one attached hydrogen (secondary N) is 1. The van der Waals surface area contributed by atoms with Gasteiger partial charge in [0.2, 0.25) is 5.78 Å². The second-order valence-corrected chi connectivity index (χ2v) is 5.32. The molecular formula is C18H12N2O2. The fourth-order valence-corrected chi connectivity index (χ4v) is 3.00. The molecule has 4 nitrogen and oxygen atoms in total. The van der Waals surface area contributed by atoms with E-state index in [2.05, 4.69) is 9.97 Å². The molecule has 106 valence electrons. The van der Waals surface area contributed by atoms with Crippen molar-refractivity contribution in [1.82, 2.24) is 9.97 Å². The van der Waals surface area contributed by atoms with Gasteiger partial charge in [0.1, 0.15) is 5.69 Å². The van der Waals surface area contributed by atoms with Crippen LogP contribution in [0.3, 0.4) is 0 Å². The molecule has 0 saturated carbocycles. The van der Waals surface area contributed by atoms with Gasteiger partial charge < -0.3 is 4.98 Å². The summed E-state index contributed by atoms with van der Waals surface area (Å²) >= 11 is 0. The largest absolute Gasteiger partial charge is 0.358 e. The van der Waals surface area contributed by atoms with Crippen molar-refractivity contribution >= 4 is 28.0 Å². The predicted molar refractivity (Wildman–Crippen MR) is 83.9 cm³/mol. The summed E-state index contributed by atoms with van der Waals surface area (Å²) in [6, 6.07) is 11.1. The van der Waals surface area contributed by atoms with Gasteiger partial charge in [0.05, 0.1) is 5.56 Å². The number of fused-ring (bicyclic) bond motifs is 2. The van der Waals surface area contributed by atoms with Gasteiger partial charge >= 0.3 is 0 Å². The van der Waals surface area contributed by atoms with E-state index >= 15 is 0 Å². The maximum absolute atomic E-state index is 12.8. The van der Waals surface area contributed by atoms with E-state index < -0.39 is 0 Å². The smallest absolute Gasteiger partial charge is 0.205 e. The molecule has 2 heterocycles. The van der Waals surface area contributed by atoms with Gasteiger partial charge in [-0.15, -0.1) is 0 Å². The number of benzene rings is 1. The van der Waals surface area contributed by atoms with Gasteiger partial charge in [-0.1, -0.05) is 18.2 Å². The highest BCUT2D eigenvalue weighted by Gasteiger charge is 2.29. The molecule has 22 heavy (non-hydrogen) atoms. The molecule has 1 aliphatic rings. The first-order valence-corrected chi connectivity index (χ1v) is 7.00. The zero-order chi connectivity index (χ0) is 15.3. The number of hydrogen-bond acceptors (Lipinski definition) is 3. The lowest BCUT2D eigenvalue weighted by Crippen LogP contribution is -2.17.